The molecule has 4 rings (SSSR count). The van der Waals surface area contributed by atoms with Crippen molar-refractivity contribution in [1.82, 2.24) is 24.8 Å². The zero-order valence-electron chi connectivity index (χ0n) is 14.1. The Balaban J connectivity index is 1.67. The fraction of sp³-hybridized carbons (Fsp3) is 0.111. The number of fused-ring (bicyclic) bond motifs is 1. The van der Waals surface area contributed by atoms with Gasteiger partial charge in [0.25, 0.3) is 5.56 Å². The summed E-state index contributed by atoms with van der Waals surface area (Å²) in [7, 11) is 0. The molecule has 0 saturated heterocycles. The number of rotatable bonds is 3. The average Bonchev–Trinajstić information content (AvgIpc) is 3.09. The van der Waals surface area contributed by atoms with Crippen molar-refractivity contribution >= 4 is 11.0 Å². The van der Waals surface area contributed by atoms with Crippen LogP contribution in [0.5, 0.6) is 0 Å². The van der Waals surface area contributed by atoms with Crippen molar-refractivity contribution in [2.75, 3.05) is 0 Å². The van der Waals surface area contributed by atoms with Gasteiger partial charge in [0, 0.05) is 0 Å². The number of benzene rings is 2. The molecule has 0 aliphatic carbocycles. The number of nitrogens with zero attached hydrogens (tertiary/aromatic N) is 5. The molecule has 0 amide bonds. The van der Waals surface area contributed by atoms with Gasteiger partial charge >= 0.3 is 6.18 Å². The highest BCUT2D eigenvalue weighted by molar-refractivity contribution is 5.74. The summed E-state index contributed by atoms with van der Waals surface area (Å²) in [5.74, 6) is -0.412. The molecule has 0 N–H and O–H groups in total. The SMILES string of the molecule is O=c1c2cnn(-c3ccc(F)cc3)c2nnn1Cc1ccc(C(F)(F)F)cc1. The monoisotopic (exact) mass is 389 g/mol. The Hall–Kier alpha value is -3.56. The molecule has 0 saturated carbocycles. The lowest BCUT2D eigenvalue weighted by atomic mass is 10.1. The summed E-state index contributed by atoms with van der Waals surface area (Å²) < 4.78 is 53.4. The molecule has 4 aromatic rings. The summed E-state index contributed by atoms with van der Waals surface area (Å²) in [6, 6.07) is 9.92. The fourth-order valence-electron chi connectivity index (χ4n) is 2.71. The Bertz CT molecular complexity index is 1190. The fourth-order valence-corrected chi connectivity index (χ4v) is 2.71. The second-order valence-electron chi connectivity index (χ2n) is 6.02. The van der Waals surface area contributed by atoms with Crippen molar-refractivity contribution in [3.8, 4) is 5.69 Å². The zero-order chi connectivity index (χ0) is 19.9. The first-order valence-corrected chi connectivity index (χ1v) is 8.06. The molecule has 142 valence electrons. The van der Waals surface area contributed by atoms with Gasteiger partial charge in [0.05, 0.1) is 24.0 Å². The predicted octanol–water partition coefficient (Wildman–Crippen LogP) is 3.18. The van der Waals surface area contributed by atoms with Crippen LogP contribution in [0.25, 0.3) is 16.7 Å². The van der Waals surface area contributed by atoms with E-state index in [4.69, 9.17) is 0 Å². The maximum absolute atomic E-state index is 13.1. The summed E-state index contributed by atoms with van der Waals surface area (Å²) >= 11 is 0. The van der Waals surface area contributed by atoms with E-state index in [1.807, 2.05) is 0 Å². The molecule has 0 bridgehead atoms. The van der Waals surface area contributed by atoms with Gasteiger partial charge in [-0.2, -0.15) is 18.3 Å². The first-order chi connectivity index (χ1) is 13.3. The van der Waals surface area contributed by atoms with E-state index in [0.717, 1.165) is 16.8 Å². The number of alkyl halides is 3. The van der Waals surface area contributed by atoms with E-state index >= 15 is 0 Å². The van der Waals surface area contributed by atoms with Crippen LogP contribution in [-0.4, -0.2) is 24.8 Å². The Morgan fingerprint density at radius 1 is 0.964 bits per heavy atom. The topological polar surface area (TPSA) is 65.6 Å². The summed E-state index contributed by atoms with van der Waals surface area (Å²) in [4.78, 5) is 12.6. The first kappa shape index (κ1) is 17.8. The summed E-state index contributed by atoms with van der Waals surface area (Å²) in [5, 5.41) is 12.1. The lowest BCUT2D eigenvalue weighted by Gasteiger charge is -2.08. The molecule has 0 fully saturated rings. The molecule has 0 unspecified atom stereocenters. The predicted molar refractivity (Wildman–Crippen MR) is 91.4 cm³/mol. The van der Waals surface area contributed by atoms with Gasteiger partial charge in [-0.3, -0.25) is 4.79 Å². The number of aromatic nitrogens is 5. The van der Waals surface area contributed by atoms with E-state index in [1.165, 1.54) is 47.3 Å². The molecule has 28 heavy (non-hydrogen) atoms. The molecule has 2 heterocycles. The molecular weight excluding hydrogens is 378 g/mol. The van der Waals surface area contributed by atoms with Crippen molar-refractivity contribution in [2.45, 2.75) is 12.7 Å². The molecule has 0 atom stereocenters. The van der Waals surface area contributed by atoms with Crippen LogP contribution >= 0.6 is 0 Å². The van der Waals surface area contributed by atoms with E-state index < -0.39 is 23.1 Å². The lowest BCUT2D eigenvalue weighted by Crippen LogP contribution is -2.24. The molecule has 10 heteroatoms. The maximum Gasteiger partial charge on any atom is 0.416 e. The van der Waals surface area contributed by atoms with Gasteiger partial charge in [-0.25, -0.2) is 13.8 Å². The van der Waals surface area contributed by atoms with Crippen molar-refractivity contribution in [3.63, 3.8) is 0 Å². The van der Waals surface area contributed by atoms with Crippen LogP contribution in [0.3, 0.4) is 0 Å². The first-order valence-electron chi connectivity index (χ1n) is 8.06. The van der Waals surface area contributed by atoms with Gasteiger partial charge in [-0.05, 0) is 42.0 Å². The molecule has 6 nitrogen and oxygen atoms in total. The molecule has 2 aromatic heterocycles. The largest absolute Gasteiger partial charge is 0.416 e. The number of hydrogen-bond acceptors (Lipinski definition) is 4. The molecule has 0 spiro atoms. The minimum atomic E-state index is -4.43. The highest BCUT2D eigenvalue weighted by Gasteiger charge is 2.29. The molecule has 0 aliphatic heterocycles. The highest BCUT2D eigenvalue weighted by Crippen LogP contribution is 2.29. The molecular formula is C18H11F4N5O. The minimum absolute atomic E-state index is 0.0400. The summed E-state index contributed by atoms with van der Waals surface area (Å²) in [5.41, 5.74) is -0.0930. The van der Waals surface area contributed by atoms with Gasteiger partial charge in [0.2, 0.25) is 0 Å². The van der Waals surface area contributed by atoms with Gasteiger partial charge in [0.1, 0.15) is 11.2 Å². The maximum atomic E-state index is 13.1. The Kier molecular flexibility index (Phi) is 4.17. The highest BCUT2D eigenvalue weighted by atomic mass is 19.4. The van der Waals surface area contributed by atoms with Gasteiger partial charge in [-0.1, -0.05) is 17.3 Å². The van der Waals surface area contributed by atoms with Crippen LogP contribution in [-0.2, 0) is 12.7 Å². The van der Waals surface area contributed by atoms with Crippen molar-refractivity contribution < 1.29 is 17.6 Å². The van der Waals surface area contributed by atoms with Crippen LogP contribution in [0.15, 0.2) is 59.5 Å². The van der Waals surface area contributed by atoms with Gasteiger partial charge < -0.3 is 0 Å². The number of hydrogen-bond donors (Lipinski definition) is 0. The zero-order valence-corrected chi connectivity index (χ0v) is 14.1. The van der Waals surface area contributed by atoms with Crippen LogP contribution in [0.4, 0.5) is 17.6 Å². The van der Waals surface area contributed by atoms with E-state index in [1.54, 1.807) is 0 Å². The third-order valence-corrected chi connectivity index (χ3v) is 4.14. The van der Waals surface area contributed by atoms with Crippen molar-refractivity contribution in [2.24, 2.45) is 0 Å². The van der Waals surface area contributed by atoms with E-state index in [2.05, 4.69) is 15.4 Å². The smallest absolute Gasteiger partial charge is 0.267 e. The summed E-state index contributed by atoms with van der Waals surface area (Å²) in [6.07, 6.45) is -3.11. The normalized spacial score (nSPS) is 11.9. The Labute approximate surface area is 154 Å². The van der Waals surface area contributed by atoms with E-state index in [9.17, 15) is 22.4 Å². The lowest BCUT2D eigenvalue weighted by molar-refractivity contribution is -0.137. The van der Waals surface area contributed by atoms with E-state index in [-0.39, 0.29) is 17.6 Å². The van der Waals surface area contributed by atoms with Gasteiger partial charge in [-0.15, -0.1) is 5.10 Å². The second kappa shape index (κ2) is 6.55. The third kappa shape index (κ3) is 3.24. The summed E-state index contributed by atoms with van der Waals surface area (Å²) in [6.45, 7) is -0.0400. The second-order valence-corrected chi connectivity index (χ2v) is 6.02. The van der Waals surface area contributed by atoms with Crippen molar-refractivity contribution in [1.29, 1.82) is 0 Å². The van der Waals surface area contributed by atoms with Crippen LogP contribution < -0.4 is 5.56 Å². The Morgan fingerprint density at radius 3 is 2.29 bits per heavy atom. The Morgan fingerprint density at radius 2 is 1.64 bits per heavy atom. The van der Waals surface area contributed by atoms with Crippen LogP contribution in [0.1, 0.15) is 11.1 Å². The third-order valence-electron chi connectivity index (χ3n) is 4.14. The average molecular weight is 389 g/mol. The van der Waals surface area contributed by atoms with Crippen molar-refractivity contribution in [3.05, 3.63) is 82.0 Å². The van der Waals surface area contributed by atoms with Crippen LogP contribution in [0, 0.1) is 5.82 Å². The molecule has 0 radical (unpaired) electrons. The van der Waals surface area contributed by atoms with Crippen LogP contribution in [0.2, 0.25) is 0 Å². The standard InChI is InChI=1S/C18H11F4N5O/c19-13-5-7-14(8-6-13)27-16-15(9-23-27)17(28)26(25-24-16)10-11-1-3-12(4-2-11)18(20,21)22/h1-9H,10H2. The van der Waals surface area contributed by atoms with E-state index in [0.29, 0.717) is 11.3 Å². The molecule has 2 aromatic carbocycles. The number of halogens is 4. The minimum Gasteiger partial charge on any atom is -0.267 e. The van der Waals surface area contributed by atoms with Gasteiger partial charge in [0.15, 0.2) is 5.65 Å². The quantitative estimate of drug-likeness (QED) is 0.505. The molecule has 0 aliphatic rings.